The molecule has 10 heavy (non-hydrogen) atoms. The minimum atomic E-state index is -1.43. The predicted octanol–water partition coefficient (Wildman–Crippen LogP) is -1.11. The van der Waals surface area contributed by atoms with E-state index in [0.717, 1.165) is 0 Å². The van der Waals surface area contributed by atoms with Gasteiger partial charge < -0.3 is 15.4 Å². The fourth-order valence-corrected chi connectivity index (χ4v) is 0.363. The molecule has 0 amide bonds. The number of rotatable bonds is 4. The van der Waals surface area contributed by atoms with Gasteiger partial charge in [-0.25, -0.2) is 0 Å². The molecule has 0 bridgehead atoms. The van der Waals surface area contributed by atoms with E-state index in [2.05, 4.69) is 0 Å². The third kappa shape index (κ3) is 3.00. The minimum Gasteiger partial charge on any atom is -0.481 e. The lowest BCUT2D eigenvalue weighted by Gasteiger charge is -2.04. The van der Waals surface area contributed by atoms with Gasteiger partial charge in [-0.2, -0.15) is 5.48 Å². The van der Waals surface area contributed by atoms with E-state index < -0.39 is 24.4 Å². The van der Waals surface area contributed by atoms with Crippen molar-refractivity contribution < 1.29 is 25.0 Å². The first kappa shape index (κ1) is 8.86. The number of nitrogens with one attached hydrogen (secondary N) is 1. The standard InChI is InChI=1S/C4H7NO5/c6-3(7)1-2(5-10)4(8)9/h2,5,10H,1H2,(H,6,7)(H,8,9)/t2-/m0/s1. The molecule has 0 saturated carbocycles. The Morgan fingerprint density at radius 1 is 1.40 bits per heavy atom. The number of hydrogen-bond donors (Lipinski definition) is 4. The summed E-state index contributed by atoms with van der Waals surface area (Å²) < 4.78 is 0. The van der Waals surface area contributed by atoms with Gasteiger partial charge in [-0.3, -0.25) is 9.59 Å². The van der Waals surface area contributed by atoms with Gasteiger partial charge >= 0.3 is 11.9 Å². The van der Waals surface area contributed by atoms with Gasteiger partial charge in [0, 0.05) is 0 Å². The third-order valence-corrected chi connectivity index (χ3v) is 0.833. The van der Waals surface area contributed by atoms with Crippen LogP contribution in [0.5, 0.6) is 0 Å². The van der Waals surface area contributed by atoms with E-state index in [-0.39, 0.29) is 0 Å². The Morgan fingerprint density at radius 3 is 2.00 bits per heavy atom. The number of aliphatic carboxylic acids is 2. The van der Waals surface area contributed by atoms with Crippen LogP contribution in [-0.4, -0.2) is 33.4 Å². The summed E-state index contributed by atoms with van der Waals surface area (Å²) in [6.45, 7) is 0. The Hall–Kier alpha value is -1.14. The lowest BCUT2D eigenvalue weighted by atomic mass is 10.2. The maximum absolute atomic E-state index is 9.98. The monoisotopic (exact) mass is 149 g/mol. The summed E-state index contributed by atoms with van der Waals surface area (Å²) in [5.41, 5.74) is 1.35. The van der Waals surface area contributed by atoms with E-state index in [1.165, 1.54) is 5.48 Å². The van der Waals surface area contributed by atoms with E-state index >= 15 is 0 Å². The highest BCUT2D eigenvalue weighted by atomic mass is 16.5. The first-order valence-corrected chi connectivity index (χ1v) is 2.42. The first-order valence-electron chi connectivity index (χ1n) is 2.42. The van der Waals surface area contributed by atoms with E-state index in [4.69, 9.17) is 15.4 Å². The molecule has 0 heterocycles. The fourth-order valence-electron chi connectivity index (χ4n) is 0.363. The molecule has 1 atom stereocenters. The van der Waals surface area contributed by atoms with Gasteiger partial charge in [0.25, 0.3) is 0 Å². The number of carboxylic acid groups (broad SMARTS) is 2. The largest absolute Gasteiger partial charge is 0.481 e. The molecule has 0 rings (SSSR count). The fraction of sp³-hybridized carbons (Fsp3) is 0.500. The van der Waals surface area contributed by atoms with E-state index in [1.807, 2.05) is 0 Å². The Labute approximate surface area is 56.0 Å². The Bertz CT molecular complexity index is 145. The molecule has 0 radical (unpaired) electrons. The van der Waals surface area contributed by atoms with Crippen LogP contribution in [0.15, 0.2) is 0 Å². The SMILES string of the molecule is O=C(O)C[C@H](NO)C(=O)O. The zero-order valence-electron chi connectivity index (χ0n) is 4.94. The maximum Gasteiger partial charge on any atom is 0.323 e. The molecular formula is C4H7NO5. The van der Waals surface area contributed by atoms with Gasteiger partial charge in [0.1, 0.15) is 6.04 Å². The molecule has 0 unspecified atom stereocenters. The quantitative estimate of drug-likeness (QED) is 0.378. The van der Waals surface area contributed by atoms with Gasteiger partial charge in [-0.15, -0.1) is 0 Å². The Kier molecular flexibility index (Phi) is 3.37. The zero-order valence-corrected chi connectivity index (χ0v) is 4.94. The van der Waals surface area contributed by atoms with Gasteiger partial charge in [0.15, 0.2) is 0 Å². The molecule has 6 nitrogen and oxygen atoms in total. The average Bonchev–Trinajstić information content (AvgIpc) is 1.81. The minimum absolute atomic E-state index is 0.647. The average molecular weight is 149 g/mol. The van der Waals surface area contributed by atoms with Crippen LogP contribution in [0.25, 0.3) is 0 Å². The second-order valence-electron chi connectivity index (χ2n) is 1.62. The topological polar surface area (TPSA) is 107 Å². The molecule has 0 fully saturated rings. The van der Waals surface area contributed by atoms with Crippen LogP contribution >= 0.6 is 0 Å². The highest BCUT2D eigenvalue weighted by Gasteiger charge is 2.18. The smallest absolute Gasteiger partial charge is 0.323 e. The summed E-state index contributed by atoms with van der Waals surface area (Å²) in [4.78, 5) is 19.8. The number of hydroxylamine groups is 1. The summed E-state index contributed by atoms with van der Waals surface area (Å²) in [6.07, 6.45) is -0.647. The molecule has 4 N–H and O–H groups in total. The molecule has 0 aromatic rings. The predicted molar refractivity (Wildman–Crippen MR) is 28.6 cm³/mol. The van der Waals surface area contributed by atoms with E-state index in [9.17, 15) is 9.59 Å². The molecule has 0 saturated heterocycles. The third-order valence-electron chi connectivity index (χ3n) is 0.833. The van der Waals surface area contributed by atoms with Crippen LogP contribution in [0.3, 0.4) is 0 Å². The van der Waals surface area contributed by atoms with Crippen molar-refractivity contribution in [2.45, 2.75) is 12.5 Å². The molecule has 6 heteroatoms. The van der Waals surface area contributed by atoms with Crippen molar-refractivity contribution in [2.24, 2.45) is 0 Å². The first-order chi connectivity index (χ1) is 4.57. The molecule has 58 valence electrons. The van der Waals surface area contributed by atoms with Crippen LogP contribution in [0.4, 0.5) is 0 Å². The van der Waals surface area contributed by atoms with Crippen molar-refractivity contribution in [3.63, 3.8) is 0 Å². The molecule has 0 aromatic carbocycles. The second kappa shape index (κ2) is 3.80. The van der Waals surface area contributed by atoms with Crippen LogP contribution in [-0.2, 0) is 9.59 Å². The lowest BCUT2D eigenvalue weighted by molar-refractivity contribution is -0.148. The van der Waals surface area contributed by atoms with Crippen LogP contribution in [0, 0.1) is 0 Å². The van der Waals surface area contributed by atoms with Crippen LogP contribution in [0.1, 0.15) is 6.42 Å². The maximum atomic E-state index is 9.98. The van der Waals surface area contributed by atoms with Crippen molar-refractivity contribution in [1.82, 2.24) is 5.48 Å². The van der Waals surface area contributed by atoms with Crippen molar-refractivity contribution in [1.29, 1.82) is 0 Å². The molecule has 0 aliphatic carbocycles. The summed E-state index contributed by atoms with van der Waals surface area (Å²) in [5, 5.41) is 24.2. The lowest BCUT2D eigenvalue weighted by Crippen LogP contribution is -2.36. The summed E-state index contributed by atoms with van der Waals surface area (Å²) in [6, 6.07) is -1.43. The highest BCUT2D eigenvalue weighted by Crippen LogP contribution is 1.89. The van der Waals surface area contributed by atoms with Crippen molar-refractivity contribution in [2.75, 3.05) is 0 Å². The Balaban J connectivity index is 3.83. The van der Waals surface area contributed by atoms with Gasteiger partial charge in [0.05, 0.1) is 6.42 Å². The molecular weight excluding hydrogens is 142 g/mol. The Morgan fingerprint density at radius 2 is 1.90 bits per heavy atom. The zero-order chi connectivity index (χ0) is 8.15. The second-order valence-corrected chi connectivity index (χ2v) is 1.62. The van der Waals surface area contributed by atoms with Crippen molar-refractivity contribution >= 4 is 11.9 Å². The highest BCUT2D eigenvalue weighted by molar-refractivity contribution is 5.80. The van der Waals surface area contributed by atoms with E-state index in [1.54, 1.807) is 0 Å². The number of carboxylic acids is 2. The summed E-state index contributed by atoms with van der Waals surface area (Å²) in [7, 11) is 0. The van der Waals surface area contributed by atoms with Crippen LogP contribution < -0.4 is 5.48 Å². The summed E-state index contributed by atoms with van der Waals surface area (Å²) >= 11 is 0. The molecule has 0 aliphatic heterocycles. The molecule has 0 spiro atoms. The van der Waals surface area contributed by atoms with Gasteiger partial charge in [-0.1, -0.05) is 0 Å². The van der Waals surface area contributed by atoms with Crippen molar-refractivity contribution in [3.8, 4) is 0 Å². The van der Waals surface area contributed by atoms with Crippen molar-refractivity contribution in [3.05, 3.63) is 0 Å². The number of carbonyl (C=O) groups is 2. The van der Waals surface area contributed by atoms with E-state index in [0.29, 0.717) is 0 Å². The molecule has 0 aliphatic rings. The normalized spacial score (nSPS) is 12.5. The van der Waals surface area contributed by atoms with Crippen LogP contribution in [0.2, 0.25) is 0 Å². The molecule has 0 aromatic heterocycles. The number of hydrogen-bond acceptors (Lipinski definition) is 4. The summed E-state index contributed by atoms with van der Waals surface area (Å²) in [5.74, 6) is -2.68. The van der Waals surface area contributed by atoms with Gasteiger partial charge in [-0.05, 0) is 0 Å². The van der Waals surface area contributed by atoms with Gasteiger partial charge in [0.2, 0.25) is 0 Å².